The highest BCUT2D eigenvalue weighted by molar-refractivity contribution is 7.10. The van der Waals surface area contributed by atoms with Crippen LogP contribution in [0.3, 0.4) is 0 Å². The first-order chi connectivity index (χ1) is 16.9. The lowest BCUT2D eigenvalue weighted by Gasteiger charge is -2.25. The normalized spacial score (nSPS) is 17.2. The molecule has 0 saturated carbocycles. The van der Waals surface area contributed by atoms with E-state index >= 15 is 0 Å². The van der Waals surface area contributed by atoms with Gasteiger partial charge in [-0.05, 0) is 66.6 Å². The van der Waals surface area contributed by atoms with E-state index in [9.17, 15) is 14.7 Å². The minimum Gasteiger partial charge on any atom is -0.507 e. The molecule has 0 bridgehead atoms. The Bertz CT molecular complexity index is 1240. The summed E-state index contributed by atoms with van der Waals surface area (Å²) in [6.45, 7) is 6.91. The number of aryl methyl sites for hydroxylation is 2. The predicted molar refractivity (Wildman–Crippen MR) is 140 cm³/mol. The number of rotatable bonds is 9. The number of aliphatic hydroxyl groups is 1. The van der Waals surface area contributed by atoms with Crippen LogP contribution in [0, 0.1) is 13.8 Å². The number of ketones is 1. The van der Waals surface area contributed by atoms with Crippen LogP contribution in [0.25, 0.3) is 5.76 Å². The highest BCUT2D eigenvalue weighted by Crippen LogP contribution is 2.43. The quantitative estimate of drug-likeness (QED) is 0.160. The third kappa shape index (κ3) is 5.17. The van der Waals surface area contributed by atoms with E-state index in [2.05, 4.69) is 6.92 Å². The molecule has 1 aromatic heterocycles. The van der Waals surface area contributed by atoms with Crippen molar-refractivity contribution in [1.82, 2.24) is 4.90 Å². The number of carbonyl (C=O) groups is 2. The number of likely N-dealkylation sites (tertiary alicyclic amines) is 1. The van der Waals surface area contributed by atoms with E-state index in [1.807, 2.05) is 55.6 Å². The van der Waals surface area contributed by atoms with Crippen molar-refractivity contribution in [2.75, 3.05) is 6.54 Å². The number of unbranched alkanes of at least 4 members (excludes halogenated alkanes) is 2. The zero-order valence-electron chi connectivity index (χ0n) is 20.4. The number of benzene rings is 2. The Morgan fingerprint density at radius 3 is 2.46 bits per heavy atom. The zero-order valence-corrected chi connectivity index (χ0v) is 21.2. The molecule has 1 atom stereocenters. The van der Waals surface area contributed by atoms with Crippen LogP contribution in [0.5, 0.6) is 5.75 Å². The fourth-order valence-electron chi connectivity index (χ4n) is 4.43. The van der Waals surface area contributed by atoms with Crippen molar-refractivity contribution in [2.24, 2.45) is 0 Å². The van der Waals surface area contributed by atoms with Gasteiger partial charge >= 0.3 is 0 Å². The Balaban J connectivity index is 1.67. The van der Waals surface area contributed by atoms with E-state index in [0.29, 0.717) is 24.5 Å². The first kappa shape index (κ1) is 24.7. The first-order valence-corrected chi connectivity index (χ1v) is 12.9. The molecule has 3 aromatic rings. The molecule has 0 radical (unpaired) electrons. The first-order valence-electron chi connectivity index (χ1n) is 12.0. The number of aliphatic hydroxyl groups excluding tert-OH is 1. The van der Waals surface area contributed by atoms with E-state index in [4.69, 9.17) is 4.74 Å². The molecule has 0 spiro atoms. The molecule has 0 aliphatic carbocycles. The minimum absolute atomic E-state index is 0.142. The monoisotopic (exact) mass is 489 g/mol. The average molecular weight is 490 g/mol. The van der Waals surface area contributed by atoms with Crippen molar-refractivity contribution < 1.29 is 19.4 Å². The number of amides is 1. The second-order valence-corrected chi connectivity index (χ2v) is 9.87. The summed E-state index contributed by atoms with van der Waals surface area (Å²) in [6.07, 6.45) is 2.81. The van der Waals surface area contributed by atoms with Crippen molar-refractivity contribution in [3.63, 3.8) is 0 Å². The van der Waals surface area contributed by atoms with Gasteiger partial charge in [-0.15, -0.1) is 11.3 Å². The van der Waals surface area contributed by atoms with Crippen LogP contribution in [-0.2, 0) is 16.2 Å². The van der Waals surface area contributed by atoms with Gasteiger partial charge in [0.05, 0.1) is 11.6 Å². The third-order valence-electron chi connectivity index (χ3n) is 6.38. The number of hydrogen-bond acceptors (Lipinski definition) is 5. The van der Waals surface area contributed by atoms with Crippen molar-refractivity contribution in [3.05, 3.63) is 92.7 Å². The second-order valence-electron chi connectivity index (χ2n) is 8.92. The summed E-state index contributed by atoms with van der Waals surface area (Å²) in [5.41, 5.74) is 3.57. The molecule has 182 valence electrons. The van der Waals surface area contributed by atoms with Crippen LogP contribution >= 0.6 is 11.3 Å². The lowest BCUT2D eigenvalue weighted by atomic mass is 9.97. The Kier molecular flexibility index (Phi) is 7.71. The zero-order chi connectivity index (χ0) is 24.9. The molecule has 5 nitrogen and oxygen atoms in total. The highest BCUT2D eigenvalue weighted by atomic mass is 32.1. The minimum atomic E-state index is -0.626. The molecule has 1 N–H and O–H groups in total. The van der Waals surface area contributed by atoms with E-state index in [1.165, 1.54) is 11.3 Å². The van der Waals surface area contributed by atoms with Gasteiger partial charge in [0.1, 0.15) is 18.1 Å². The van der Waals surface area contributed by atoms with Crippen LogP contribution in [0.4, 0.5) is 0 Å². The summed E-state index contributed by atoms with van der Waals surface area (Å²) in [6, 6.07) is 16.7. The van der Waals surface area contributed by atoms with E-state index in [0.717, 1.165) is 40.8 Å². The number of Topliss-reactive ketones (excluding diaryl/α,β-unsaturated/α-hetero) is 1. The molecule has 1 amide bonds. The molecule has 35 heavy (non-hydrogen) atoms. The molecule has 1 fully saturated rings. The van der Waals surface area contributed by atoms with Gasteiger partial charge in [-0.25, -0.2) is 0 Å². The lowest BCUT2D eigenvalue weighted by Crippen LogP contribution is -2.30. The van der Waals surface area contributed by atoms with Crippen molar-refractivity contribution >= 4 is 28.8 Å². The summed E-state index contributed by atoms with van der Waals surface area (Å²) < 4.78 is 5.96. The fourth-order valence-corrected chi connectivity index (χ4v) is 5.48. The Hall–Kier alpha value is -3.38. The van der Waals surface area contributed by atoms with Gasteiger partial charge in [0.15, 0.2) is 0 Å². The number of carbonyl (C=O) groups excluding carboxylic acids is 2. The van der Waals surface area contributed by atoms with Gasteiger partial charge in [-0.3, -0.25) is 9.59 Å². The number of ether oxygens (including phenoxy) is 1. The van der Waals surface area contributed by atoms with Crippen LogP contribution in [-0.4, -0.2) is 28.2 Å². The van der Waals surface area contributed by atoms with Gasteiger partial charge in [0.25, 0.3) is 11.7 Å². The molecule has 2 heterocycles. The molecule has 1 aliphatic rings. The van der Waals surface area contributed by atoms with Crippen LogP contribution in [0.2, 0.25) is 0 Å². The standard InChI is InChI=1S/C29H31NO4S/c1-4-5-9-15-30-25(28-19(2)14-16-35-28)24(27(32)29(30)33)26(31)22-12-13-23(20(3)17-22)34-18-21-10-7-6-8-11-21/h6-8,10-14,16-17,25,31H,4-5,9,15,18H2,1-3H3/b26-24-. The number of thiophene rings is 1. The molecule has 1 aliphatic heterocycles. The van der Waals surface area contributed by atoms with E-state index in [-0.39, 0.29) is 11.3 Å². The second kappa shape index (κ2) is 10.9. The molecular weight excluding hydrogens is 458 g/mol. The lowest BCUT2D eigenvalue weighted by molar-refractivity contribution is -0.139. The molecule has 2 aromatic carbocycles. The van der Waals surface area contributed by atoms with E-state index < -0.39 is 17.7 Å². The Labute approximate surface area is 210 Å². The van der Waals surface area contributed by atoms with Crippen LogP contribution in [0.1, 0.15) is 59.4 Å². The van der Waals surface area contributed by atoms with Crippen molar-refractivity contribution in [2.45, 2.75) is 52.7 Å². The van der Waals surface area contributed by atoms with Gasteiger partial charge in [0, 0.05) is 17.0 Å². The molecule has 1 saturated heterocycles. The fraction of sp³-hybridized carbons (Fsp3) is 0.310. The number of nitrogens with zero attached hydrogens (tertiary/aromatic N) is 1. The maximum absolute atomic E-state index is 13.2. The maximum Gasteiger partial charge on any atom is 0.295 e. The van der Waals surface area contributed by atoms with E-state index in [1.54, 1.807) is 23.1 Å². The summed E-state index contributed by atoms with van der Waals surface area (Å²) >= 11 is 1.51. The van der Waals surface area contributed by atoms with Crippen LogP contribution < -0.4 is 4.74 Å². The average Bonchev–Trinajstić information content (AvgIpc) is 3.39. The maximum atomic E-state index is 13.2. The summed E-state index contributed by atoms with van der Waals surface area (Å²) in [7, 11) is 0. The number of hydrogen-bond donors (Lipinski definition) is 1. The van der Waals surface area contributed by atoms with Gasteiger partial charge < -0.3 is 14.7 Å². The molecule has 1 unspecified atom stereocenters. The Morgan fingerprint density at radius 1 is 1.03 bits per heavy atom. The summed E-state index contributed by atoms with van der Waals surface area (Å²) in [5.74, 6) is -0.605. The van der Waals surface area contributed by atoms with Crippen molar-refractivity contribution in [3.8, 4) is 5.75 Å². The summed E-state index contributed by atoms with van der Waals surface area (Å²) in [5, 5.41) is 13.3. The van der Waals surface area contributed by atoms with Crippen LogP contribution in [0.15, 0.2) is 65.6 Å². The topological polar surface area (TPSA) is 66.8 Å². The smallest absolute Gasteiger partial charge is 0.295 e. The third-order valence-corrected chi connectivity index (χ3v) is 7.45. The molecule has 4 rings (SSSR count). The molecular formula is C29H31NO4S. The van der Waals surface area contributed by atoms with Gasteiger partial charge in [-0.1, -0.05) is 50.1 Å². The van der Waals surface area contributed by atoms with Gasteiger partial charge in [-0.2, -0.15) is 0 Å². The SMILES string of the molecule is CCCCCN1C(=O)C(=O)/C(=C(\O)c2ccc(OCc3ccccc3)c(C)c2)C1c1sccc1C. The predicted octanol–water partition coefficient (Wildman–Crippen LogP) is 6.56. The summed E-state index contributed by atoms with van der Waals surface area (Å²) in [4.78, 5) is 28.7. The Morgan fingerprint density at radius 2 is 1.80 bits per heavy atom. The highest BCUT2D eigenvalue weighted by Gasteiger charge is 2.46. The largest absolute Gasteiger partial charge is 0.507 e. The van der Waals surface area contributed by atoms with Crippen molar-refractivity contribution in [1.29, 1.82) is 0 Å². The molecule has 6 heteroatoms. The van der Waals surface area contributed by atoms with Gasteiger partial charge in [0.2, 0.25) is 0 Å².